The minimum Gasteiger partial charge on any atom is -0.508 e. The molecule has 2 fully saturated rings. The summed E-state index contributed by atoms with van der Waals surface area (Å²) in [6, 6.07) is 6.31. The van der Waals surface area contributed by atoms with Crippen molar-refractivity contribution in [3.05, 3.63) is 29.3 Å². The predicted molar refractivity (Wildman–Crippen MR) is 149 cm³/mol. The van der Waals surface area contributed by atoms with Crippen molar-refractivity contribution in [3.63, 3.8) is 0 Å². The number of likely N-dealkylation sites (N-methyl/N-ethyl adjacent to an activating group) is 1. The molecule has 6 atom stereocenters. The van der Waals surface area contributed by atoms with Crippen LogP contribution >= 0.6 is 0 Å². The molecule has 3 aliphatic carbocycles. The second kappa shape index (κ2) is 12.5. The Morgan fingerprint density at radius 1 is 1.11 bits per heavy atom. The second-order valence-corrected chi connectivity index (χ2v) is 12.8. The van der Waals surface area contributed by atoms with Crippen LogP contribution in [0.1, 0.15) is 108 Å². The molecule has 37 heavy (non-hydrogen) atoms. The lowest BCUT2D eigenvalue weighted by Crippen LogP contribution is -2.47. The fourth-order valence-electron chi connectivity index (χ4n) is 8.00. The molecular weight excluding hydrogens is 462 g/mol. The molecule has 2 N–H and O–H groups in total. The van der Waals surface area contributed by atoms with E-state index in [4.69, 9.17) is 4.74 Å². The van der Waals surface area contributed by atoms with Gasteiger partial charge in [-0.3, -0.25) is 4.79 Å². The summed E-state index contributed by atoms with van der Waals surface area (Å²) >= 11 is 0. The Labute approximate surface area is 225 Å². The molecule has 0 spiro atoms. The first-order valence-electron chi connectivity index (χ1n) is 15.1. The predicted octanol–water partition coefficient (Wildman–Crippen LogP) is 6.45. The summed E-state index contributed by atoms with van der Waals surface area (Å²) in [4.78, 5) is 13.7. The number of aromatic hydroxyl groups is 1. The van der Waals surface area contributed by atoms with Gasteiger partial charge in [-0.25, -0.2) is 0 Å². The molecule has 5 nitrogen and oxygen atoms in total. The van der Waals surface area contributed by atoms with Crippen molar-refractivity contribution in [2.24, 2.45) is 23.2 Å². The lowest BCUT2D eigenvalue weighted by Gasteiger charge is -2.54. The minimum atomic E-state index is -0.148. The van der Waals surface area contributed by atoms with E-state index in [9.17, 15) is 15.0 Å². The van der Waals surface area contributed by atoms with Crippen LogP contribution in [-0.4, -0.2) is 53.4 Å². The number of aliphatic hydroxyl groups excluding tert-OH is 1. The summed E-state index contributed by atoms with van der Waals surface area (Å²) in [6.45, 7) is 7.26. The fourth-order valence-corrected chi connectivity index (χ4v) is 8.00. The Hall–Kier alpha value is -1.59. The number of phenols is 1. The molecule has 3 aliphatic rings. The molecule has 2 saturated carbocycles. The molecule has 3 unspecified atom stereocenters. The van der Waals surface area contributed by atoms with Gasteiger partial charge in [0.15, 0.2) is 0 Å². The van der Waals surface area contributed by atoms with E-state index in [1.165, 1.54) is 56.1 Å². The number of fused-ring (bicyclic) bond motifs is 5. The summed E-state index contributed by atoms with van der Waals surface area (Å²) in [5.74, 6) is 2.96. The standard InChI is InChI=1S/C32H51NO4/c1-22(2)33(4)30(36)21-37-18-10-8-6-5-7-9-11-24-20-32(3)28(16-17-29(32)35)27-14-12-23-19-25(34)13-15-26(23)31(24)27/h13,15,19,22,24,27-29,31,34-35H,5-12,14,16-18,20-21H2,1-4H3/t24-,27?,28?,29-,31?,32-/m0/s1. The molecule has 0 aliphatic heterocycles. The minimum absolute atomic E-state index is 0.0580. The summed E-state index contributed by atoms with van der Waals surface area (Å²) in [5, 5.41) is 21.0. The maximum atomic E-state index is 12.0. The first-order valence-corrected chi connectivity index (χ1v) is 15.1. The molecule has 4 rings (SSSR count). The Balaban J connectivity index is 1.22. The van der Waals surface area contributed by atoms with Crippen LogP contribution in [-0.2, 0) is 16.0 Å². The van der Waals surface area contributed by atoms with Crippen LogP contribution in [0.2, 0.25) is 0 Å². The zero-order valence-corrected chi connectivity index (χ0v) is 23.8. The zero-order valence-electron chi connectivity index (χ0n) is 23.8. The van der Waals surface area contributed by atoms with Crippen molar-refractivity contribution >= 4 is 5.91 Å². The van der Waals surface area contributed by atoms with Crippen molar-refractivity contribution in [1.82, 2.24) is 4.90 Å². The van der Waals surface area contributed by atoms with E-state index in [1.807, 2.05) is 33.0 Å². The monoisotopic (exact) mass is 513 g/mol. The first-order chi connectivity index (χ1) is 17.7. The Bertz CT molecular complexity index is 901. The number of carbonyl (C=O) groups is 1. The van der Waals surface area contributed by atoms with Gasteiger partial charge < -0.3 is 19.8 Å². The van der Waals surface area contributed by atoms with E-state index in [-0.39, 0.29) is 30.1 Å². The van der Waals surface area contributed by atoms with Gasteiger partial charge in [-0.2, -0.15) is 0 Å². The molecule has 0 heterocycles. The molecule has 1 aromatic carbocycles. The van der Waals surface area contributed by atoms with E-state index in [0.29, 0.717) is 36.0 Å². The quantitative estimate of drug-likeness (QED) is 0.315. The number of unbranched alkanes of at least 4 members (excludes halogenated alkanes) is 5. The van der Waals surface area contributed by atoms with Crippen molar-refractivity contribution in [1.29, 1.82) is 0 Å². The number of aliphatic hydroxyl groups is 1. The number of hydrogen-bond acceptors (Lipinski definition) is 4. The normalized spacial score (nSPS) is 30.6. The fraction of sp³-hybridized carbons (Fsp3) is 0.781. The highest BCUT2D eigenvalue weighted by molar-refractivity contribution is 5.77. The van der Waals surface area contributed by atoms with Gasteiger partial charge in [0.25, 0.3) is 0 Å². The van der Waals surface area contributed by atoms with Crippen LogP contribution < -0.4 is 0 Å². The molecular formula is C32H51NO4. The third-order valence-electron chi connectivity index (χ3n) is 10.3. The summed E-state index contributed by atoms with van der Waals surface area (Å²) < 4.78 is 5.59. The van der Waals surface area contributed by atoms with Crippen LogP contribution in [0.25, 0.3) is 0 Å². The number of rotatable bonds is 12. The molecule has 0 aromatic heterocycles. The van der Waals surface area contributed by atoms with Gasteiger partial charge in [0.1, 0.15) is 12.4 Å². The second-order valence-electron chi connectivity index (χ2n) is 12.8. The highest BCUT2D eigenvalue weighted by atomic mass is 16.5. The molecule has 1 amide bonds. The van der Waals surface area contributed by atoms with Crippen molar-refractivity contribution in [2.75, 3.05) is 20.3 Å². The van der Waals surface area contributed by atoms with Gasteiger partial charge in [0, 0.05) is 19.7 Å². The van der Waals surface area contributed by atoms with Crippen LogP contribution in [0.15, 0.2) is 18.2 Å². The smallest absolute Gasteiger partial charge is 0.248 e. The number of benzene rings is 1. The topological polar surface area (TPSA) is 70.0 Å². The number of aryl methyl sites for hydroxylation is 1. The van der Waals surface area contributed by atoms with E-state index >= 15 is 0 Å². The highest BCUT2D eigenvalue weighted by Crippen LogP contribution is 2.63. The van der Waals surface area contributed by atoms with Gasteiger partial charge in [-0.1, -0.05) is 45.1 Å². The zero-order chi connectivity index (χ0) is 26.6. The maximum absolute atomic E-state index is 12.0. The van der Waals surface area contributed by atoms with E-state index in [2.05, 4.69) is 13.0 Å². The van der Waals surface area contributed by atoms with Gasteiger partial charge in [0.2, 0.25) is 5.91 Å². The third kappa shape index (κ3) is 6.36. The highest BCUT2D eigenvalue weighted by Gasteiger charge is 2.57. The number of hydrogen-bond donors (Lipinski definition) is 2. The van der Waals surface area contributed by atoms with E-state index < -0.39 is 0 Å². The van der Waals surface area contributed by atoms with Crippen molar-refractivity contribution in [3.8, 4) is 5.75 Å². The molecule has 208 valence electrons. The van der Waals surface area contributed by atoms with E-state index in [1.54, 1.807) is 4.90 Å². The number of phenolic OH excluding ortho intramolecular Hbond substituents is 1. The average Bonchev–Trinajstić information content (AvgIpc) is 3.17. The Morgan fingerprint density at radius 3 is 2.59 bits per heavy atom. The number of amides is 1. The third-order valence-corrected chi connectivity index (χ3v) is 10.3. The number of carbonyl (C=O) groups excluding carboxylic acids is 1. The van der Waals surface area contributed by atoms with Crippen LogP contribution in [0.5, 0.6) is 5.75 Å². The van der Waals surface area contributed by atoms with Crippen molar-refractivity contribution < 1.29 is 19.7 Å². The largest absolute Gasteiger partial charge is 0.508 e. The Morgan fingerprint density at radius 2 is 1.84 bits per heavy atom. The summed E-state index contributed by atoms with van der Waals surface area (Å²) in [7, 11) is 1.83. The maximum Gasteiger partial charge on any atom is 0.248 e. The van der Waals surface area contributed by atoms with Crippen LogP contribution in [0.3, 0.4) is 0 Å². The number of nitrogens with zero attached hydrogens (tertiary/aromatic N) is 1. The lowest BCUT2D eigenvalue weighted by molar-refractivity contribution is -0.136. The van der Waals surface area contributed by atoms with Gasteiger partial charge in [0.05, 0.1) is 6.10 Å². The van der Waals surface area contributed by atoms with E-state index in [0.717, 1.165) is 32.1 Å². The molecule has 0 saturated heterocycles. The first kappa shape index (κ1) is 28.4. The van der Waals surface area contributed by atoms with Gasteiger partial charge in [-0.15, -0.1) is 0 Å². The van der Waals surface area contributed by atoms with Crippen LogP contribution in [0.4, 0.5) is 0 Å². The summed E-state index contributed by atoms with van der Waals surface area (Å²) in [6.07, 6.45) is 13.8. The summed E-state index contributed by atoms with van der Waals surface area (Å²) in [5.41, 5.74) is 2.92. The molecule has 1 aromatic rings. The molecule has 5 heteroatoms. The lowest BCUT2D eigenvalue weighted by atomic mass is 9.51. The molecule has 0 bridgehead atoms. The molecule has 0 radical (unpaired) electrons. The van der Waals surface area contributed by atoms with Gasteiger partial charge in [-0.05, 0) is 111 Å². The SMILES string of the molecule is CC(C)N(C)C(=O)COCCCCCCCC[C@H]1C[C@@]2(C)C(CC[C@@H]2O)C2CCc3cc(O)ccc3C21. The Kier molecular flexibility index (Phi) is 9.61. The average molecular weight is 514 g/mol. The van der Waals surface area contributed by atoms with Gasteiger partial charge >= 0.3 is 0 Å². The number of ether oxygens (including phenoxy) is 1. The van der Waals surface area contributed by atoms with Crippen molar-refractivity contribution in [2.45, 2.75) is 116 Å². The van der Waals surface area contributed by atoms with Crippen LogP contribution in [0, 0.1) is 23.2 Å².